The monoisotopic (exact) mass is 408 g/mol. The molecular weight excluding hydrogens is 376 g/mol. The molecule has 2 heterocycles. The zero-order valence-electron chi connectivity index (χ0n) is 17.5. The second-order valence-electron chi connectivity index (χ2n) is 8.12. The first-order valence-electron chi connectivity index (χ1n) is 10.7. The number of benzene rings is 2. The minimum absolute atomic E-state index is 0.774. The number of hydrazine groups is 1. The molecule has 0 bridgehead atoms. The number of hydrazone groups is 1. The van der Waals surface area contributed by atoms with Crippen molar-refractivity contribution < 1.29 is 4.74 Å². The number of hydrogen-bond donors (Lipinski definition) is 2. The Labute approximate surface area is 178 Å². The van der Waals surface area contributed by atoms with E-state index in [0.717, 1.165) is 71.0 Å². The number of hydrogen-bond acceptors (Lipinski definition) is 6. The van der Waals surface area contributed by atoms with Crippen LogP contribution in [-0.4, -0.2) is 55.4 Å². The smallest absolute Gasteiger partial charge is 0.129 e. The Hall–Kier alpha value is -2.45. The van der Waals surface area contributed by atoms with Gasteiger partial charge >= 0.3 is 0 Å². The molecule has 0 amide bonds. The van der Waals surface area contributed by atoms with Crippen LogP contribution in [-0.2, 0) is 30.8 Å². The van der Waals surface area contributed by atoms with Crippen molar-refractivity contribution in [1.29, 1.82) is 0 Å². The fraction of sp³-hybridized carbons (Fsp3) is 0.435. The van der Waals surface area contributed by atoms with Gasteiger partial charge in [0, 0.05) is 39.3 Å². The first kappa shape index (κ1) is 20.8. The number of nitrogens with two attached hydrogens (primary N) is 2. The molecule has 0 aromatic heterocycles. The lowest BCUT2D eigenvalue weighted by atomic mass is 10.0. The van der Waals surface area contributed by atoms with Gasteiger partial charge in [0.25, 0.3) is 0 Å². The summed E-state index contributed by atoms with van der Waals surface area (Å²) >= 11 is 0. The third kappa shape index (κ3) is 5.37. The van der Waals surface area contributed by atoms with Crippen molar-refractivity contribution in [3.63, 3.8) is 0 Å². The van der Waals surface area contributed by atoms with Crippen LogP contribution in [0.2, 0.25) is 0 Å². The summed E-state index contributed by atoms with van der Waals surface area (Å²) in [6, 6.07) is 15.1. The predicted molar refractivity (Wildman–Crippen MR) is 121 cm³/mol. The quantitative estimate of drug-likeness (QED) is 0.299. The molecule has 2 aromatic carbocycles. The van der Waals surface area contributed by atoms with Crippen molar-refractivity contribution in [2.24, 2.45) is 16.8 Å². The van der Waals surface area contributed by atoms with E-state index < -0.39 is 0 Å². The summed E-state index contributed by atoms with van der Waals surface area (Å²) in [7, 11) is 0. The van der Waals surface area contributed by atoms with E-state index in [0.29, 0.717) is 0 Å². The van der Waals surface area contributed by atoms with Crippen molar-refractivity contribution in [2.45, 2.75) is 26.1 Å². The van der Waals surface area contributed by atoms with Gasteiger partial charge in [0.15, 0.2) is 0 Å². The van der Waals surface area contributed by atoms with Gasteiger partial charge in [-0.3, -0.25) is 5.01 Å². The lowest BCUT2D eigenvalue weighted by Gasteiger charge is -2.34. The largest absolute Gasteiger partial charge is 0.372 e. The summed E-state index contributed by atoms with van der Waals surface area (Å²) in [4.78, 5) is 5.15. The molecule has 2 aliphatic heterocycles. The van der Waals surface area contributed by atoms with Crippen LogP contribution < -0.4 is 16.7 Å². The number of ether oxygens (including phenoxy) is 1. The van der Waals surface area contributed by atoms with Crippen LogP contribution in [0.15, 0.2) is 47.6 Å². The molecule has 4 rings (SSSR count). The van der Waals surface area contributed by atoms with E-state index in [1.807, 2.05) is 12.1 Å². The third-order valence-corrected chi connectivity index (χ3v) is 6.11. The highest BCUT2D eigenvalue weighted by Crippen LogP contribution is 2.21. The van der Waals surface area contributed by atoms with Crippen molar-refractivity contribution in [3.8, 4) is 0 Å². The summed E-state index contributed by atoms with van der Waals surface area (Å²) in [6.45, 7) is 8.35. The first-order chi connectivity index (χ1) is 14.7. The van der Waals surface area contributed by atoms with E-state index in [-0.39, 0.29) is 0 Å². The van der Waals surface area contributed by atoms with Crippen molar-refractivity contribution in [2.75, 3.05) is 44.3 Å². The van der Waals surface area contributed by atoms with Crippen LogP contribution in [0.5, 0.6) is 0 Å². The molecule has 0 atom stereocenters. The van der Waals surface area contributed by atoms with E-state index >= 15 is 0 Å². The molecule has 7 heteroatoms. The molecule has 4 N–H and O–H groups in total. The number of anilines is 1. The summed E-state index contributed by atoms with van der Waals surface area (Å²) < 4.78 is 5.52. The van der Waals surface area contributed by atoms with Crippen LogP contribution in [0.3, 0.4) is 0 Å². The molecule has 1 saturated heterocycles. The van der Waals surface area contributed by atoms with Gasteiger partial charge in [-0.05, 0) is 47.2 Å². The van der Waals surface area contributed by atoms with Crippen LogP contribution in [0, 0.1) is 0 Å². The fourth-order valence-electron chi connectivity index (χ4n) is 4.17. The van der Waals surface area contributed by atoms with Crippen LogP contribution in [0.25, 0.3) is 0 Å². The number of fused-ring (bicyclic) bond motifs is 1. The molecule has 0 saturated carbocycles. The van der Waals surface area contributed by atoms with Gasteiger partial charge < -0.3 is 20.4 Å². The van der Waals surface area contributed by atoms with E-state index in [9.17, 15) is 0 Å². The molecule has 0 spiro atoms. The lowest BCUT2D eigenvalue weighted by molar-refractivity contribution is 0.134. The average Bonchev–Trinajstić information content (AvgIpc) is 3.25. The zero-order chi connectivity index (χ0) is 20.8. The average molecular weight is 409 g/mol. The first-order valence-corrected chi connectivity index (χ1v) is 10.7. The maximum atomic E-state index is 5.83. The Bertz CT molecular complexity index is 845. The number of rotatable bonds is 8. The third-order valence-electron chi connectivity index (χ3n) is 6.11. The molecule has 2 aliphatic rings. The number of nitrogens with zero attached hydrogens (tertiary/aromatic N) is 4. The molecule has 1 fully saturated rings. The summed E-state index contributed by atoms with van der Waals surface area (Å²) in [5, 5.41) is 4.86. The van der Waals surface area contributed by atoms with Gasteiger partial charge in [-0.2, -0.15) is 5.10 Å². The van der Waals surface area contributed by atoms with Crippen molar-refractivity contribution in [1.82, 2.24) is 9.80 Å². The molecule has 0 aliphatic carbocycles. The van der Waals surface area contributed by atoms with Gasteiger partial charge in [-0.25, -0.2) is 5.84 Å². The van der Waals surface area contributed by atoms with E-state index in [2.05, 4.69) is 45.2 Å². The molecule has 0 radical (unpaired) electrons. The molecule has 30 heavy (non-hydrogen) atoms. The van der Waals surface area contributed by atoms with Gasteiger partial charge in [-0.15, -0.1) is 0 Å². The normalized spacial score (nSPS) is 17.5. The summed E-state index contributed by atoms with van der Waals surface area (Å²) in [6.07, 6.45) is 3.56. The molecular formula is C23H32N6O. The second kappa shape index (κ2) is 10.0. The predicted octanol–water partition coefficient (Wildman–Crippen LogP) is 1.70. The Balaban J connectivity index is 1.17. The Morgan fingerprint density at radius 3 is 2.13 bits per heavy atom. The van der Waals surface area contributed by atoms with Crippen molar-refractivity contribution in [3.05, 3.63) is 64.7 Å². The van der Waals surface area contributed by atoms with Crippen molar-refractivity contribution >= 4 is 12.0 Å². The minimum atomic E-state index is 0.774. The maximum Gasteiger partial charge on any atom is 0.129 e. The Morgan fingerprint density at radius 1 is 0.867 bits per heavy atom. The van der Waals surface area contributed by atoms with E-state index in [1.165, 1.54) is 33.6 Å². The highest BCUT2D eigenvalue weighted by Gasteiger charge is 2.17. The SMILES string of the molecule is N/N=C\N(N)c1ccc(CCN2CCN(CCc3ccc4c(c3)COC4)CC2)cc1. The lowest BCUT2D eigenvalue weighted by Crippen LogP contribution is -2.47. The molecule has 160 valence electrons. The molecule has 2 aromatic rings. The zero-order valence-corrected chi connectivity index (χ0v) is 17.5. The van der Waals surface area contributed by atoms with E-state index in [1.54, 1.807) is 0 Å². The molecule has 0 unspecified atom stereocenters. The topological polar surface area (TPSA) is 83.3 Å². The van der Waals surface area contributed by atoms with Gasteiger partial charge in [-0.1, -0.05) is 30.3 Å². The number of piperazine rings is 1. The Kier molecular flexibility index (Phi) is 6.96. The van der Waals surface area contributed by atoms with Gasteiger partial charge in [0.2, 0.25) is 0 Å². The fourth-order valence-corrected chi connectivity index (χ4v) is 4.17. The van der Waals surface area contributed by atoms with Gasteiger partial charge in [0.05, 0.1) is 18.9 Å². The highest BCUT2D eigenvalue weighted by atomic mass is 16.5. The summed E-state index contributed by atoms with van der Waals surface area (Å²) in [5.74, 6) is 11.0. The standard InChI is InChI=1S/C23H32N6O/c24-26-18-29(25)23-5-2-19(3-6-23)7-9-27-11-13-28(14-12-27)10-8-20-1-4-21-16-30-17-22(21)15-20/h1-6,15,18H,7-14,16-17,24-25H2/b26-18-. The van der Waals surface area contributed by atoms with Crippen LogP contribution in [0.1, 0.15) is 22.3 Å². The van der Waals surface area contributed by atoms with E-state index in [4.69, 9.17) is 16.4 Å². The Morgan fingerprint density at radius 2 is 1.47 bits per heavy atom. The van der Waals surface area contributed by atoms with Crippen LogP contribution >= 0.6 is 0 Å². The summed E-state index contributed by atoms with van der Waals surface area (Å²) in [5.41, 5.74) is 6.35. The maximum absolute atomic E-state index is 5.83. The van der Waals surface area contributed by atoms with Crippen LogP contribution in [0.4, 0.5) is 5.69 Å². The minimum Gasteiger partial charge on any atom is -0.372 e. The van der Waals surface area contributed by atoms with Gasteiger partial charge in [0.1, 0.15) is 6.34 Å². The molecule has 7 nitrogen and oxygen atoms in total. The highest BCUT2D eigenvalue weighted by molar-refractivity contribution is 5.77. The second-order valence-corrected chi connectivity index (χ2v) is 8.12.